The molecule has 0 heterocycles. The summed E-state index contributed by atoms with van der Waals surface area (Å²) in [5.74, 6) is -1.47. The third kappa shape index (κ3) is 3.41. The first-order chi connectivity index (χ1) is 9.70. The molecule has 0 aromatic heterocycles. The van der Waals surface area contributed by atoms with Gasteiger partial charge in [-0.3, -0.25) is 10.1 Å². The monoisotopic (exact) mass is 304 g/mol. The molecule has 0 spiro atoms. The number of hydrogen-bond donors (Lipinski definition) is 2. The molecule has 1 atom stereocenters. The quantitative estimate of drug-likeness (QED) is 0.644. The third-order valence-electron chi connectivity index (χ3n) is 3.19. The molecule has 2 rings (SSSR count). The number of benzene rings is 1. The molecule has 9 heteroatoms. The van der Waals surface area contributed by atoms with E-state index < -0.39 is 40.0 Å². The molecular weight excluding hydrogens is 293 g/mol. The standard InChI is InChI=1S/C12H11F3N2O4/c13-12(14,15)8-5-7(17(20)21)3-4-9(8)16-10(11(18)19)6-1-2-6/h3-6,10,16H,1-2H2,(H,18,19). The third-order valence-corrected chi connectivity index (χ3v) is 3.19. The summed E-state index contributed by atoms with van der Waals surface area (Å²) in [6.07, 6.45) is -3.57. The minimum atomic E-state index is -4.82. The number of nitro benzene ring substituents is 1. The van der Waals surface area contributed by atoms with E-state index in [2.05, 4.69) is 5.32 Å². The lowest BCUT2D eigenvalue weighted by atomic mass is 10.1. The Balaban J connectivity index is 2.37. The smallest absolute Gasteiger partial charge is 0.418 e. The van der Waals surface area contributed by atoms with Crippen molar-refractivity contribution in [1.82, 2.24) is 0 Å². The van der Waals surface area contributed by atoms with Crippen LogP contribution in [0.2, 0.25) is 0 Å². The zero-order valence-electron chi connectivity index (χ0n) is 10.6. The summed E-state index contributed by atoms with van der Waals surface area (Å²) in [5, 5.41) is 21.9. The number of carbonyl (C=O) groups is 1. The largest absolute Gasteiger partial charge is 0.480 e. The van der Waals surface area contributed by atoms with E-state index in [-0.39, 0.29) is 5.92 Å². The lowest BCUT2D eigenvalue weighted by Crippen LogP contribution is -2.32. The first kappa shape index (κ1) is 15.1. The highest BCUT2D eigenvalue weighted by Gasteiger charge is 2.40. The SMILES string of the molecule is O=C(O)C(Nc1ccc([N+](=O)[O-])cc1C(F)(F)F)C1CC1. The molecule has 1 aromatic rings. The highest BCUT2D eigenvalue weighted by Crippen LogP contribution is 2.40. The van der Waals surface area contributed by atoms with Crippen molar-refractivity contribution in [3.05, 3.63) is 33.9 Å². The fraction of sp³-hybridized carbons (Fsp3) is 0.417. The van der Waals surface area contributed by atoms with Crippen molar-refractivity contribution in [3.63, 3.8) is 0 Å². The van der Waals surface area contributed by atoms with E-state index in [1.54, 1.807) is 0 Å². The minimum absolute atomic E-state index is 0.223. The van der Waals surface area contributed by atoms with Gasteiger partial charge >= 0.3 is 12.1 Å². The lowest BCUT2D eigenvalue weighted by molar-refractivity contribution is -0.385. The van der Waals surface area contributed by atoms with Gasteiger partial charge < -0.3 is 10.4 Å². The Bertz CT molecular complexity index is 584. The van der Waals surface area contributed by atoms with Crippen LogP contribution in [0.25, 0.3) is 0 Å². The second-order valence-electron chi connectivity index (χ2n) is 4.78. The average Bonchev–Trinajstić information content (AvgIpc) is 3.18. The van der Waals surface area contributed by atoms with Crippen molar-refractivity contribution < 1.29 is 28.0 Å². The predicted octanol–water partition coefficient (Wildman–Crippen LogP) is 2.89. The second-order valence-corrected chi connectivity index (χ2v) is 4.78. The molecule has 6 nitrogen and oxygen atoms in total. The number of nitrogens with one attached hydrogen (secondary N) is 1. The summed E-state index contributed by atoms with van der Waals surface area (Å²) in [6.45, 7) is 0. The topological polar surface area (TPSA) is 92.5 Å². The van der Waals surface area contributed by atoms with Gasteiger partial charge in [0.15, 0.2) is 0 Å². The van der Waals surface area contributed by atoms with Crippen LogP contribution in [0.5, 0.6) is 0 Å². The first-order valence-electron chi connectivity index (χ1n) is 6.05. The fourth-order valence-electron chi connectivity index (χ4n) is 1.98. The summed E-state index contributed by atoms with van der Waals surface area (Å²) in [5.41, 5.74) is -2.41. The fourth-order valence-corrected chi connectivity index (χ4v) is 1.98. The molecule has 1 aliphatic rings. The van der Waals surface area contributed by atoms with E-state index >= 15 is 0 Å². The molecule has 114 valence electrons. The van der Waals surface area contributed by atoms with Crippen LogP contribution in [-0.2, 0) is 11.0 Å². The Hall–Kier alpha value is -2.32. The zero-order valence-corrected chi connectivity index (χ0v) is 10.6. The van der Waals surface area contributed by atoms with Crippen molar-refractivity contribution in [2.45, 2.75) is 25.1 Å². The number of nitro groups is 1. The molecule has 0 aliphatic heterocycles. The molecule has 1 aromatic carbocycles. The number of carboxylic acid groups (broad SMARTS) is 1. The number of nitrogens with zero attached hydrogens (tertiary/aromatic N) is 1. The van der Waals surface area contributed by atoms with Gasteiger partial charge in [-0.05, 0) is 24.8 Å². The molecule has 0 radical (unpaired) electrons. The van der Waals surface area contributed by atoms with Crippen molar-refractivity contribution in [2.75, 3.05) is 5.32 Å². The van der Waals surface area contributed by atoms with Gasteiger partial charge in [-0.25, -0.2) is 4.79 Å². The summed E-state index contributed by atoms with van der Waals surface area (Å²) in [7, 11) is 0. The number of anilines is 1. The molecule has 1 saturated carbocycles. The van der Waals surface area contributed by atoms with Crippen molar-refractivity contribution in [1.29, 1.82) is 0 Å². The van der Waals surface area contributed by atoms with Gasteiger partial charge in [-0.2, -0.15) is 13.2 Å². The maximum absolute atomic E-state index is 13.0. The van der Waals surface area contributed by atoms with Gasteiger partial charge in [0.2, 0.25) is 0 Å². The van der Waals surface area contributed by atoms with Crippen molar-refractivity contribution >= 4 is 17.3 Å². The Kier molecular flexibility index (Phi) is 3.75. The van der Waals surface area contributed by atoms with Crippen LogP contribution in [0.15, 0.2) is 18.2 Å². The van der Waals surface area contributed by atoms with Gasteiger partial charge in [0.25, 0.3) is 5.69 Å². The maximum atomic E-state index is 13.0. The number of hydrogen-bond acceptors (Lipinski definition) is 4. The van der Waals surface area contributed by atoms with Gasteiger partial charge in [-0.1, -0.05) is 0 Å². The number of carboxylic acids is 1. The minimum Gasteiger partial charge on any atom is -0.480 e. The Morgan fingerprint density at radius 1 is 1.43 bits per heavy atom. The van der Waals surface area contributed by atoms with E-state index in [4.69, 9.17) is 5.11 Å². The molecule has 21 heavy (non-hydrogen) atoms. The molecule has 0 saturated heterocycles. The summed E-state index contributed by atoms with van der Waals surface area (Å²) in [6, 6.07) is 1.06. The number of halogens is 3. The Labute approximate surface area is 116 Å². The van der Waals surface area contributed by atoms with Crippen molar-refractivity contribution in [2.24, 2.45) is 5.92 Å². The van der Waals surface area contributed by atoms with Crippen LogP contribution in [0, 0.1) is 16.0 Å². The van der Waals surface area contributed by atoms with Gasteiger partial charge in [0, 0.05) is 17.8 Å². The average molecular weight is 304 g/mol. The van der Waals surface area contributed by atoms with E-state index in [0.29, 0.717) is 18.9 Å². The molecule has 1 unspecified atom stereocenters. The normalized spacial score (nSPS) is 16.3. The summed E-state index contributed by atoms with van der Waals surface area (Å²) >= 11 is 0. The van der Waals surface area contributed by atoms with E-state index in [1.165, 1.54) is 0 Å². The van der Waals surface area contributed by atoms with Crippen LogP contribution in [0.4, 0.5) is 24.5 Å². The lowest BCUT2D eigenvalue weighted by Gasteiger charge is -2.19. The molecule has 1 fully saturated rings. The number of rotatable bonds is 5. The zero-order chi connectivity index (χ0) is 15.8. The molecule has 2 N–H and O–H groups in total. The van der Waals surface area contributed by atoms with Crippen LogP contribution >= 0.6 is 0 Å². The Morgan fingerprint density at radius 2 is 2.05 bits per heavy atom. The van der Waals surface area contributed by atoms with Crippen LogP contribution in [0.3, 0.4) is 0 Å². The highest BCUT2D eigenvalue weighted by molar-refractivity contribution is 5.79. The summed E-state index contributed by atoms with van der Waals surface area (Å²) in [4.78, 5) is 20.7. The maximum Gasteiger partial charge on any atom is 0.418 e. The van der Waals surface area contributed by atoms with Crippen molar-refractivity contribution in [3.8, 4) is 0 Å². The van der Waals surface area contributed by atoms with Crippen LogP contribution < -0.4 is 5.32 Å². The number of alkyl halides is 3. The number of aliphatic carboxylic acids is 1. The van der Waals surface area contributed by atoms with Crippen LogP contribution in [-0.4, -0.2) is 22.0 Å². The molecule has 0 bridgehead atoms. The van der Waals surface area contributed by atoms with E-state index in [0.717, 1.165) is 12.1 Å². The molecular formula is C12H11F3N2O4. The summed E-state index contributed by atoms with van der Waals surface area (Å²) < 4.78 is 38.9. The van der Waals surface area contributed by atoms with Gasteiger partial charge in [0.1, 0.15) is 6.04 Å². The molecule has 0 amide bonds. The van der Waals surface area contributed by atoms with E-state index in [9.17, 15) is 28.1 Å². The highest BCUT2D eigenvalue weighted by atomic mass is 19.4. The number of non-ortho nitro benzene ring substituents is 1. The van der Waals surface area contributed by atoms with E-state index in [1.807, 2.05) is 0 Å². The van der Waals surface area contributed by atoms with Crippen LogP contribution in [0.1, 0.15) is 18.4 Å². The predicted molar refractivity (Wildman–Crippen MR) is 65.9 cm³/mol. The molecule has 1 aliphatic carbocycles. The second kappa shape index (κ2) is 5.23. The first-order valence-corrected chi connectivity index (χ1v) is 6.05. The Morgan fingerprint density at radius 3 is 2.48 bits per heavy atom. The van der Waals surface area contributed by atoms with Gasteiger partial charge in [0.05, 0.1) is 10.5 Å². The van der Waals surface area contributed by atoms with Gasteiger partial charge in [-0.15, -0.1) is 0 Å².